The molecule has 2 aromatic carbocycles. The molecule has 1 fully saturated rings. The van der Waals surface area contributed by atoms with E-state index in [4.69, 9.17) is 39.2 Å². The first-order valence-corrected chi connectivity index (χ1v) is 10.8. The van der Waals surface area contributed by atoms with E-state index in [0.29, 0.717) is 27.1 Å². The van der Waals surface area contributed by atoms with E-state index in [0.717, 1.165) is 23.9 Å². The molecule has 1 aliphatic rings. The molecule has 2 heterocycles. The molecule has 0 spiro atoms. The fraction of sp³-hybridized carbons (Fsp3) is 0.0476. The number of hydrogen-bond donors (Lipinski definition) is 1. The highest BCUT2D eigenvalue weighted by Crippen LogP contribution is 2.40. The van der Waals surface area contributed by atoms with Gasteiger partial charge in [0.15, 0.2) is 5.17 Å². The van der Waals surface area contributed by atoms with Crippen molar-refractivity contribution < 1.29 is 22.4 Å². The Hall–Kier alpha value is -2.39. The number of amides is 1. The van der Waals surface area contributed by atoms with Crippen molar-refractivity contribution in [3.8, 4) is 11.3 Å². The van der Waals surface area contributed by atoms with Crippen LogP contribution in [0.25, 0.3) is 17.4 Å². The van der Waals surface area contributed by atoms with Gasteiger partial charge in [-0.05, 0) is 54.2 Å². The second-order valence-corrected chi connectivity index (χ2v) is 8.72. The van der Waals surface area contributed by atoms with Crippen molar-refractivity contribution in [2.45, 2.75) is 6.18 Å². The first-order chi connectivity index (χ1) is 15.1. The van der Waals surface area contributed by atoms with E-state index >= 15 is 0 Å². The lowest BCUT2D eigenvalue weighted by Gasteiger charge is -2.10. The largest absolute Gasteiger partial charge is 0.457 e. The third-order valence-corrected chi connectivity index (χ3v) is 6.02. The van der Waals surface area contributed by atoms with Gasteiger partial charge in [-0.3, -0.25) is 4.79 Å². The fourth-order valence-corrected chi connectivity index (χ4v) is 4.42. The maximum Gasteiger partial charge on any atom is 0.418 e. The molecule has 1 N–H and O–H groups in total. The topological polar surface area (TPSA) is 54.6 Å². The van der Waals surface area contributed by atoms with Crippen LogP contribution in [-0.2, 0) is 11.0 Å². The molecule has 0 saturated carbocycles. The van der Waals surface area contributed by atoms with Gasteiger partial charge in [0, 0.05) is 11.1 Å². The first-order valence-electron chi connectivity index (χ1n) is 8.82. The zero-order valence-corrected chi connectivity index (χ0v) is 18.7. The molecule has 32 heavy (non-hydrogen) atoms. The fourth-order valence-electron chi connectivity index (χ4n) is 2.85. The second kappa shape index (κ2) is 8.86. The number of halogens is 6. The summed E-state index contributed by atoms with van der Waals surface area (Å²) in [7, 11) is 0. The number of furan rings is 1. The zero-order valence-electron chi connectivity index (χ0n) is 15.6. The van der Waals surface area contributed by atoms with Crippen LogP contribution in [0.4, 0.5) is 18.9 Å². The van der Waals surface area contributed by atoms with Crippen LogP contribution in [-0.4, -0.2) is 11.1 Å². The normalized spacial score (nSPS) is 16.8. The highest BCUT2D eigenvalue weighted by atomic mass is 35.5. The van der Waals surface area contributed by atoms with Gasteiger partial charge in [0.05, 0.1) is 31.8 Å². The van der Waals surface area contributed by atoms with Crippen LogP contribution in [0.2, 0.25) is 15.1 Å². The van der Waals surface area contributed by atoms with Crippen molar-refractivity contribution in [3.05, 3.63) is 79.8 Å². The van der Waals surface area contributed by atoms with E-state index in [1.165, 1.54) is 12.1 Å². The van der Waals surface area contributed by atoms with E-state index in [1.54, 1.807) is 30.3 Å². The van der Waals surface area contributed by atoms with Gasteiger partial charge in [-0.2, -0.15) is 13.2 Å². The average molecular weight is 518 g/mol. The SMILES string of the molecule is O=C1NC(=Nc2ccc(Cl)cc2C(F)(F)F)SC1=Cc1ccc(-c2c(Cl)cccc2Cl)o1. The summed E-state index contributed by atoms with van der Waals surface area (Å²) in [5.74, 6) is 0.211. The number of alkyl halides is 3. The van der Waals surface area contributed by atoms with Gasteiger partial charge in [-0.1, -0.05) is 40.9 Å². The summed E-state index contributed by atoms with van der Waals surface area (Å²) in [6.45, 7) is 0. The van der Waals surface area contributed by atoms with Crippen molar-refractivity contribution in [1.29, 1.82) is 0 Å². The highest BCUT2D eigenvalue weighted by molar-refractivity contribution is 8.18. The molecule has 164 valence electrons. The Morgan fingerprint density at radius 1 is 1.03 bits per heavy atom. The monoisotopic (exact) mass is 516 g/mol. The summed E-state index contributed by atoms with van der Waals surface area (Å²) >= 11 is 18.9. The first kappa shape index (κ1) is 22.8. The maximum atomic E-state index is 13.3. The van der Waals surface area contributed by atoms with Crippen LogP contribution in [0, 0.1) is 0 Å². The zero-order chi connectivity index (χ0) is 23.0. The van der Waals surface area contributed by atoms with Gasteiger partial charge in [-0.25, -0.2) is 4.99 Å². The predicted octanol–water partition coefficient (Wildman–Crippen LogP) is 7.82. The van der Waals surface area contributed by atoms with Crippen LogP contribution in [0.1, 0.15) is 11.3 Å². The summed E-state index contributed by atoms with van der Waals surface area (Å²) in [5, 5.41) is 3.17. The molecule has 0 aliphatic carbocycles. The summed E-state index contributed by atoms with van der Waals surface area (Å²) in [6, 6.07) is 11.5. The molecule has 4 nitrogen and oxygen atoms in total. The molecule has 0 atom stereocenters. The van der Waals surface area contributed by atoms with Crippen LogP contribution in [0.3, 0.4) is 0 Å². The number of aliphatic imine (C=N–C) groups is 1. The molecular weight excluding hydrogens is 508 g/mol. The van der Waals surface area contributed by atoms with Crippen molar-refractivity contribution in [1.82, 2.24) is 5.32 Å². The molecule has 1 aliphatic heterocycles. The number of nitrogens with zero attached hydrogens (tertiary/aromatic N) is 1. The second-order valence-electron chi connectivity index (χ2n) is 6.44. The van der Waals surface area contributed by atoms with Gasteiger partial charge in [0.2, 0.25) is 0 Å². The number of rotatable bonds is 3. The van der Waals surface area contributed by atoms with Crippen LogP contribution >= 0.6 is 46.6 Å². The van der Waals surface area contributed by atoms with E-state index in [1.807, 2.05) is 0 Å². The van der Waals surface area contributed by atoms with Gasteiger partial charge < -0.3 is 9.73 Å². The van der Waals surface area contributed by atoms with Crippen molar-refractivity contribution in [2.24, 2.45) is 4.99 Å². The number of amidine groups is 1. The Morgan fingerprint density at radius 3 is 2.44 bits per heavy atom. The smallest absolute Gasteiger partial charge is 0.418 e. The predicted molar refractivity (Wildman–Crippen MR) is 121 cm³/mol. The molecule has 1 saturated heterocycles. The van der Waals surface area contributed by atoms with Gasteiger partial charge in [0.25, 0.3) is 5.91 Å². The lowest BCUT2D eigenvalue weighted by atomic mass is 10.2. The third-order valence-electron chi connectivity index (χ3n) is 4.25. The van der Waals surface area contributed by atoms with Crippen molar-refractivity contribution in [2.75, 3.05) is 0 Å². The molecule has 11 heteroatoms. The standard InChI is InChI=1S/C21H10Cl3F3N2O2S/c22-10-4-6-15(12(8-10)21(25,26)27)28-20-29-19(30)17(32-20)9-11-5-7-16(31-11)18-13(23)2-1-3-14(18)24/h1-9H,(H,28,29,30). The van der Waals surface area contributed by atoms with Gasteiger partial charge in [0.1, 0.15) is 11.5 Å². The minimum absolute atomic E-state index is 0.00463. The third kappa shape index (κ3) is 4.83. The minimum Gasteiger partial charge on any atom is -0.457 e. The molecule has 4 rings (SSSR count). The Kier molecular flexibility index (Phi) is 6.31. The summed E-state index contributed by atoms with van der Waals surface area (Å²) in [6.07, 6.45) is -3.20. The average Bonchev–Trinajstić information content (AvgIpc) is 3.29. The van der Waals surface area contributed by atoms with Crippen LogP contribution in [0.5, 0.6) is 0 Å². The van der Waals surface area contributed by atoms with Gasteiger partial charge in [-0.15, -0.1) is 0 Å². The molecule has 3 aromatic rings. The van der Waals surface area contributed by atoms with Crippen molar-refractivity contribution >= 4 is 69.4 Å². The lowest BCUT2D eigenvalue weighted by Crippen LogP contribution is -2.19. The number of carbonyl (C=O) groups excluding carboxylic acids is 1. The summed E-state index contributed by atoms with van der Waals surface area (Å²) in [5.41, 5.74) is -0.856. The quantitative estimate of drug-likeness (QED) is 0.360. The number of carbonyl (C=O) groups is 1. The number of nitrogens with one attached hydrogen (secondary N) is 1. The maximum absolute atomic E-state index is 13.3. The summed E-state index contributed by atoms with van der Waals surface area (Å²) < 4.78 is 45.6. The Labute approximate surface area is 199 Å². The number of hydrogen-bond acceptors (Lipinski definition) is 4. The molecule has 1 aromatic heterocycles. The lowest BCUT2D eigenvalue weighted by molar-refractivity contribution is -0.137. The highest BCUT2D eigenvalue weighted by Gasteiger charge is 2.34. The Balaban J connectivity index is 1.61. The summed E-state index contributed by atoms with van der Waals surface area (Å²) in [4.78, 5) is 16.4. The van der Waals surface area contributed by atoms with E-state index in [2.05, 4.69) is 10.3 Å². The van der Waals surface area contributed by atoms with Crippen LogP contribution in [0.15, 0.2) is 62.8 Å². The number of thioether (sulfide) groups is 1. The molecule has 0 bridgehead atoms. The van der Waals surface area contributed by atoms with E-state index < -0.39 is 17.6 Å². The Bertz CT molecular complexity index is 1270. The van der Waals surface area contributed by atoms with E-state index in [-0.39, 0.29) is 20.8 Å². The van der Waals surface area contributed by atoms with Gasteiger partial charge >= 0.3 is 6.18 Å². The number of benzene rings is 2. The Morgan fingerprint density at radius 2 is 1.75 bits per heavy atom. The van der Waals surface area contributed by atoms with Crippen LogP contribution < -0.4 is 5.32 Å². The molecule has 0 radical (unpaired) electrons. The molecule has 1 amide bonds. The van der Waals surface area contributed by atoms with Crippen molar-refractivity contribution in [3.63, 3.8) is 0 Å². The molecular formula is C21H10Cl3F3N2O2S. The van der Waals surface area contributed by atoms with E-state index in [9.17, 15) is 18.0 Å². The molecule has 0 unspecified atom stereocenters. The minimum atomic E-state index is -4.65.